The van der Waals surface area contributed by atoms with E-state index in [1.165, 1.54) is 5.56 Å². The number of hydrogen-bond acceptors (Lipinski definition) is 3. The summed E-state index contributed by atoms with van der Waals surface area (Å²) in [4.78, 5) is 16.8. The molecule has 0 saturated heterocycles. The van der Waals surface area contributed by atoms with Crippen molar-refractivity contribution in [3.8, 4) is 5.75 Å². The van der Waals surface area contributed by atoms with E-state index in [1.807, 2.05) is 19.2 Å². The highest BCUT2D eigenvalue weighted by atomic mass is 16.5. The van der Waals surface area contributed by atoms with Crippen molar-refractivity contribution in [2.75, 3.05) is 20.7 Å². The number of ether oxygens (including phenoxy) is 1. The molecule has 2 fully saturated rings. The van der Waals surface area contributed by atoms with Gasteiger partial charge in [0.25, 0.3) is 0 Å². The van der Waals surface area contributed by atoms with E-state index >= 15 is 0 Å². The maximum Gasteiger partial charge on any atom is 0.223 e. The Morgan fingerprint density at radius 3 is 2.55 bits per heavy atom. The number of nitrogens with zero attached hydrogens (tertiary/aromatic N) is 1. The summed E-state index contributed by atoms with van der Waals surface area (Å²) >= 11 is 0. The number of nitrogens with one attached hydrogen (secondary N) is 3. The molecule has 2 aliphatic rings. The molecule has 3 unspecified atom stereocenters. The molecule has 0 bridgehead atoms. The highest BCUT2D eigenvalue weighted by molar-refractivity contribution is 5.81. The zero-order valence-electron chi connectivity index (χ0n) is 18.0. The highest BCUT2D eigenvalue weighted by Gasteiger charge is 2.31. The van der Waals surface area contributed by atoms with Gasteiger partial charge in [0, 0.05) is 31.6 Å². The Morgan fingerprint density at radius 1 is 1.14 bits per heavy atom. The van der Waals surface area contributed by atoms with E-state index in [0.29, 0.717) is 18.0 Å². The molecule has 0 aromatic heterocycles. The lowest BCUT2D eigenvalue weighted by Gasteiger charge is -2.30. The average molecular weight is 401 g/mol. The second-order valence-corrected chi connectivity index (χ2v) is 8.45. The van der Waals surface area contributed by atoms with E-state index in [-0.39, 0.29) is 11.8 Å². The number of aliphatic imine (C=N–C) groups is 1. The van der Waals surface area contributed by atoms with Gasteiger partial charge < -0.3 is 20.7 Å². The van der Waals surface area contributed by atoms with E-state index < -0.39 is 0 Å². The first-order valence-corrected chi connectivity index (χ1v) is 11.0. The van der Waals surface area contributed by atoms with E-state index in [9.17, 15) is 4.79 Å². The summed E-state index contributed by atoms with van der Waals surface area (Å²) in [5.74, 6) is 2.56. The quantitative estimate of drug-likeness (QED) is 0.463. The summed E-state index contributed by atoms with van der Waals surface area (Å²) in [5, 5.41) is 10.1. The first-order chi connectivity index (χ1) is 14.1. The van der Waals surface area contributed by atoms with Crippen LogP contribution in [0.4, 0.5) is 0 Å². The summed E-state index contributed by atoms with van der Waals surface area (Å²) in [6.07, 6.45) is 7.38. The fourth-order valence-electron chi connectivity index (χ4n) is 4.00. The van der Waals surface area contributed by atoms with Crippen LogP contribution < -0.4 is 20.7 Å². The van der Waals surface area contributed by atoms with Crippen LogP contribution in [0.15, 0.2) is 29.3 Å². The Balaban J connectivity index is 1.40. The number of carbonyl (C=O) groups excluding carboxylic acids is 1. The van der Waals surface area contributed by atoms with Crippen LogP contribution in [0.1, 0.15) is 63.4 Å². The maximum absolute atomic E-state index is 12.4. The van der Waals surface area contributed by atoms with Crippen molar-refractivity contribution in [1.29, 1.82) is 0 Å². The fourth-order valence-corrected chi connectivity index (χ4v) is 4.00. The molecule has 29 heavy (non-hydrogen) atoms. The molecule has 6 nitrogen and oxygen atoms in total. The van der Waals surface area contributed by atoms with E-state index in [2.05, 4.69) is 40.0 Å². The summed E-state index contributed by atoms with van der Waals surface area (Å²) in [5.41, 5.74) is 1.31. The Bertz CT molecular complexity index is 685. The first kappa shape index (κ1) is 21.5. The summed E-state index contributed by atoms with van der Waals surface area (Å²) in [7, 11) is 3.50. The van der Waals surface area contributed by atoms with Gasteiger partial charge in [0.15, 0.2) is 5.96 Å². The smallest absolute Gasteiger partial charge is 0.223 e. The predicted octanol–water partition coefficient (Wildman–Crippen LogP) is 3.19. The van der Waals surface area contributed by atoms with Crippen molar-refractivity contribution in [2.45, 2.75) is 69.9 Å². The standard InChI is InChI=1S/C23H36N4O2/c1-16(17-7-11-21(29-3)12-8-17)13-14-25-23(24-2)27-20-6-4-5-18(15-20)22(28)26-19-9-10-19/h7-8,11-12,16,18-20H,4-6,9-10,13-15H2,1-3H3,(H,26,28)(H2,24,25,27). The topological polar surface area (TPSA) is 74.8 Å². The largest absolute Gasteiger partial charge is 0.497 e. The van der Waals surface area contributed by atoms with Gasteiger partial charge in [-0.05, 0) is 62.1 Å². The second-order valence-electron chi connectivity index (χ2n) is 8.45. The molecule has 0 spiro atoms. The lowest BCUT2D eigenvalue weighted by molar-refractivity contribution is -0.126. The average Bonchev–Trinajstić information content (AvgIpc) is 3.57. The van der Waals surface area contributed by atoms with Gasteiger partial charge >= 0.3 is 0 Å². The van der Waals surface area contributed by atoms with Crippen molar-refractivity contribution in [2.24, 2.45) is 10.9 Å². The number of carbonyl (C=O) groups is 1. The van der Waals surface area contributed by atoms with Gasteiger partial charge in [-0.3, -0.25) is 9.79 Å². The third-order valence-corrected chi connectivity index (χ3v) is 6.09. The second kappa shape index (κ2) is 10.5. The van der Waals surface area contributed by atoms with Crippen LogP contribution in [-0.4, -0.2) is 44.7 Å². The third kappa shape index (κ3) is 6.65. The summed E-state index contributed by atoms with van der Waals surface area (Å²) in [6.45, 7) is 3.09. The van der Waals surface area contributed by atoms with Crippen molar-refractivity contribution in [3.63, 3.8) is 0 Å². The van der Waals surface area contributed by atoms with E-state index in [0.717, 1.165) is 63.2 Å². The van der Waals surface area contributed by atoms with Crippen LogP contribution in [0.3, 0.4) is 0 Å². The molecule has 0 aliphatic heterocycles. The van der Waals surface area contributed by atoms with Crippen LogP contribution >= 0.6 is 0 Å². The molecule has 0 heterocycles. The minimum atomic E-state index is 0.134. The Labute approximate surface area is 174 Å². The number of guanidine groups is 1. The van der Waals surface area contributed by atoms with Gasteiger partial charge in [0.05, 0.1) is 7.11 Å². The SMILES string of the molecule is CN=C(NCCC(C)c1ccc(OC)cc1)NC1CCCC(C(=O)NC2CC2)C1. The van der Waals surface area contributed by atoms with Crippen LogP contribution in [0.2, 0.25) is 0 Å². The van der Waals surface area contributed by atoms with Crippen LogP contribution in [0, 0.1) is 5.92 Å². The number of rotatable bonds is 8. The van der Waals surface area contributed by atoms with Gasteiger partial charge in [-0.1, -0.05) is 25.5 Å². The molecule has 160 valence electrons. The molecule has 6 heteroatoms. The molecular weight excluding hydrogens is 364 g/mol. The lowest BCUT2D eigenvalue weighted by atomic mass is 9.85. The minimum absolute atomic E-state index is 0.134. The monoisotopic (exact) mass is 400 g/mol. The maximum atomic E-state index is 12.4. The molecule has 1 aromatic rings. The van der Waals surface area contributed by atoms with E-state index in [1.54, 1.807) is 7.11 Å². The van der Waals surface area contributed by atoms with Crippen LogP contribution in [-0.2, 0) is 4.79 Å². The fraction of sp³-hybridized carbons (Fsp3) is 0.652. The zero-order chi connectivity index (χ0) is 20.6. The first-order valence-electron chi connectivity index (χ1n) is 11.0. The van der Waals surface area contributed by atoms with Gasteiger partial charge in [0.2, 0.25) is 5.91 Å². The molecular formula is C23H36N4O2. The summed E-state index contributed by atoms with van der Waals surface area (Å²) < 4.78 is 5.23. The molecule has 2 saturated carbocycles. The van der Waals surface area contributed by atoms with Gasteiger partial charge in [0.1, 0.15) is 5.75 Å². The molecule has 3 rings (SSSR count). The Kier molecular flexibility index (Phi) is 7.78. The minimum Gasteiger partial charge on any atom is -0.497 e. The van der Waals surface area contributed by atoms with Gasteiger partial charge in [-0.25, -0.2) is 0 Å². The number of amides is 1. The normalized spacial score (nSPS) is 23.2. The number of benzene rings is 1. The Hall–Kier alpha value is -2.24. The van der Waals surface area contributed by atoms with Gasteiger partial charge in [-0.15, -0.1) is 0 Å². The lowest BCUT2D eigenvalue weighted by Crippen LogP contribution is -2.47. The van der Waals surface area contributed by atoms with Crippen molar-refractivity contribution in [1.82, 2.24) is 16.0 Å². The predicted molar refractivity (Wildman–Crippen MR) is 117 cm³/mol. The van der Waals surface area contributed by atoms with Crippen LogP contribution in [0.5, 0.6) is 5.75 Å². The Morgan fingerprint density at radius 2 is 1.90 bits per heavy atom. The van der Waals surface area contributed by atoms with Gasteiger partial charge in [-0.2, -0.15) is 0 Å². The van der Waals surface area contributed by atoms with Crippen molar-refractivity contribution >= 4 is 11.9 Å². The van der Waals surface area contributed by atoms with Crippen molar-refractivity contribution in [3.05, 3.63) is 29.8 Å². The number of methoxy groups -OCH3 is 1. The molecule has 3 atom stereocenters. The molecule has 3 N–H and O–H groups in total. The van der Waals surface area contributed by atoms with Crippen molar-refractivity contribution < 1.29 is 9.53 Å². The van der Waals surface area contributed by atoms with Crippen LogP contribution in [0.25, 0.3) is 0 Å². The number of hydrogen-bond donors (Lipinski definition) is 3. The molecule has 2 aliphatic carbocycles. The van der Waals surface area contributed by atoms with E-state index in [4.69, 9.17) is 4.74 Å². The summed E-state index contributed by atoms with van der Waals surface area (Å²) in [6, 6.07) is 9.04. The zero-order valence-corrected chi connectivity index (χ0v) is 18.0. The third-order valence-electron chi connectivity index (χ3n) is 6.09. The molecule has 1 aromatic carbocycles. The molecule has 1 amide bonds. The molecule has 0 radical (unpaired) electrons. The highest BCUT2D eigenvalue weighted by Crippen LogP contribution is 2.27.